The standard InChI is InChI=1S/C12H11NS/c1-2-5-11-8-10(9-14-11)12-6-3-4-7-13-12/h2-9H,1H3/b5-2+. The van der Waals surface area contributed by atoms with Crippen LogP contribution in [0.15, 0.2) is 41.9 Å². The van der Waals surface area contributed by atoms with Crippen LogP contribution in [0.1, 0.15) is 11.8 Å². The molecule has 70 valence electrons. The summed E-state index contributed by atoms with van der Waals surface area (Å²) in [7, 11) is 0. The Morgan fingerprint density at radius 1 is 1.36 bits per heavy atom. The fraction of sp³-hybridized carbons (Fsp3) is 0.0833. The van der Waals surface area contributed by atoms with Gasteiger partial charge in [-0.05, 0) is 31.2 Å². The van der Waals surface area contributed by atoms with Crippen LogP contribution in [-0.4, -0.2) is 4.98 Å². The van der Waals surface area contributed by atoms with Gasteiger partial charge in [-0.15, -0.1) is 11.3 Å². The van der Waals surface area contributed by atoms with Gasteiger partial charge in [-0.25, -0.2) is 0 Å². The Kier molecular flexibility index (Phi) is 2.75. The van der Waals surface area contributed by atoms with Gasteiger partial charge in [0.25, 0.3) is 0 Å². The van der Waals surface area contributed by atoms with E-state index in [2.05, 4.69) is 22.5 Å². The van der Waals surface area contributed by atoms with Gasteiger partial charge in [-0.2, -0.15) is 0 Å². The normalized spacial score (nSPS) is 10.9. The van der Waals surface area contributed by atoms with Crippen LogP contribution in [0, 0.1) is 0 Å². The van der Waals surface area contributed by atoms with Crippen LogP contribution in [0.5, 0.6) is 0 Å². The third kappa shape index (κ3) is 1.91. The van der Waals surface area contributed by atoms with Crippen molar-refractivity contribution in [3.8, 4) is 11.3 Å². The van der Waals surface area contributed by atoms with E-state index in [1.165, 1.54) is 10.4 Å². The fourth-order valence-corrected chi connectivity index (χ4v) is 2.13. The number of thiophene rings is 1. The van der Waals surface area contributed by atoms with E-state index < -0.39 is 0 Å². The van der Waals surface area contributed by atoms with Crippen LogP contribution in [0.25, 0.3) is 17.3 Å². The smallest absolute Gasteiger partial charge is 0.0710 e. The summed E-state index contributed by atoms with van der Waals surface area (Å²) in [5.41, 5.74) is 2.24. The van der Waals surface area contributed by atoms with Gasteiger partial charge in [-0.3, -0.25) is 4.98 Å². The molecule has 0 spiro atoms. The first-order valence-electron chi connectivity index (χ1n) is 4.53. The van der Waals surface area contributed by atoms with Gasteiger partial charge in [0.05, 0.1) is 5.69 Å². The Morgan fingerprint density at radius 3 is 3.00 bits per heavy atom. The maximum atomic E-state index is 4.31. The van der Waals surface area contributed by atoms with Crippen LogP contribution >= 0.6 is 11.3 Å². The van der Waals surface area contributed by atoms with Gasteiger partial charge in [0.15, 0.2) is 0 Å². The highest BCUT2D eigenvalue weighted by molar-refractivity contribution is 7.11. The minimum atomic E-state index is 1.04. The zero-order valence-corrected chi connectivity index (χ0v) is 8.79. The third-order valence-corrected chi connectivity index (χ3v) is 2.81. The fourth-order valence-electron chi connectivity index (χ4n) is 1.27. The molecule has 0 amide bonds. The molecule has 0 aliphatic carbocycles. The van der Waals surface area contributed by atoms with Crippen molar-refractivity contribution >= 4 is 17.4 Å². The number of rotatable bonds is 2. The lowest BCUT2D eigenvalue weighted by Crippen LogP contribution is -1.76. The molecular weight excluding hydrogens is 190 g/mol. The number of pyridine rings is 1. The molecule has 0 fully saturated rings. The summed E-state index contributed by atoms with van der Waals surface area (Å²) in [6, 6.07) is 8.13. The third-order valence-electron chi connectivity index (χ3n) is 1.91. The van der Waals surface area contributed by atoms with Crippen molar-refractivity contribution < 1.29 is 0 Å². The highest BCUT2D eigenvalue weighted by Gasteiger charge is 2.00. The van der Waals surface area contributed by atoms with Crippen molar-refractivity contribution in [1.29, 1.82) is 0 Å². The van der Waals surface area contributed by atoms with E-state index in [9.17, 15) is 0 Å². The number of allylic oxidation sites excluding steroid dienone is 1. The molecule has 0 aromatic carbocycles. The van der Waals surface area contributed by atoms with Gasteiger partial charge >= 0.3 is 0 Å². The van der Waals surface area contributed by atoms with E-state index >= 15 is 0 Å². The minimum Gasteiger partial charge on any atom is -0.256 e. The molecule has 0 atom stereocenters. The number of hydrogen-bond donors (Lipinski definition) is 0. The molecule has 2 aromatic rings. The Balaban J connectivity index is 2.34. The Hall–Kier alpha value is -1.41. The lowest BCUT2D eigenvalue weighted by atomic mass is 10.2. The van der Waals surface area contributed by atoms with E-state index in [1.807, 2.05) is 37.4 Å². The SMILES string of the molecule is C/C=C/c1cc(-c2ccccn2)cs1. The van der Waals surface area contributed by atoms with Crippen LogP contribution in [0.2, 0.25) is 0 Å². The summed E-state index contributed by atoms with van der Waals surface area (Å²) < 4.78 is 0. The molecule has 0 unspecified atom stereocenters. The second-order valence-corrected chi connectivity index (χ2v) is 3.90. The molecular formula is C12H11NS. The van der Waals surface area contributed by atoms with Crippen LogP contribution in [0.3, 0.4) is 0 Å². The predicted octanol–water partition coefficient (Wildman–Crippen LogP) is 3.84. The maximum Gasteiger partial charge on any atom is 0.0710 e. The first kappa shape index (κ1) is 9.16. The molecule has 14 heavy (non-hydrogen) atoms. The lowest BCUT2D eigenvalue weighted by Gasteiger charge is -1.93. The summed E-state index contributed by atoms with van der Waals surface area (Å²) in [5.74, 6) is 0. The van der Waals surface area contributed by atoms with Gasteiger partial charge in [-0.1, -0.05) is 12.1 Å². The molecule has 0 aliphatic rings. The molecule has 2 heteroatoms. The van der Waals surface area contributed by atoms with E-state index in [0.717, 1.165) is 5.69 Å². The zero-order valence-electron chi connectivity index (χ0n) is 7.97. The van der Waals surface area contributed by atoms with Gasteiger partial charge in [0.2, 0.25) is 0 Å². The summed E-state index contributed by atoms with van der Waals surface area (Å²) in [4.78, 5) is 5.58. The molecule has 0 bridgehead atoms. The molecule has 0 saturated carbocycles. The number of nitrogens with zero attached hydrogens (tertiary/aromatic N) is 1. The average Bonchev–Trinajstić information content (AvgIpc) is 2.68. The number of aromatic nitrogens is 1. The molecule has 0 N–H and O–H groups in total. The number of hydrogen-bond acceptors (Lipinski definition) is 2. The molecule has 2 rings (SSSR count). The topological polar surface area (TPSA) is 12.9 Å². The predicted molar refractivity (Wildman–Crippen MR) is 62.3 cm³/mol. The molecule has 2 aromatic heterocycles. The van der Waals surface area contributed by atoms with E-state index in [1.54, 1.807) is 11.3 Å². The summed E-state index contributed by atoms with van der Waals surface area (Å²) in [6.45, 7) is 2.03. The summed E-state index contributed by atoms with van der Waals surface area (Å²) in [5, 5.41) is 2.14. The van der Waals surface area contributed by atoms with E-state index in [0.29, 0.717) is 0 Å². The summed E-state index contributed by atoms with van der Waals surface area (Å²) >= 11 is 1.74. The van der Waals surface area contributed by atoms with Crippen molar-refractivity contribution in [2.24, 2.45) is 0 Å². The van der Waals surface area contributed by atoms with Gasteiger partial charge in [0.1, 0.15) is 0 Å². The molecule has 0 aliphatic heterocycles. The quantitative estimate of drug-likeness (QED) is 0.719. The summed E-state index contributed by atoms with van der Waals surface area (Å²) in [6.07, 6.45) is 5.98. The molecule has 2 heterocycles. The second kappa shape index (κ2) is 4.20. The van der Waals surface area contributed by atoms with E-state index in [-0.39, 0.29) is 0 Å². The van der Waals surface area contributed by atoms with Crippen molar-refractivity contribution in [2.45, 2.75) is 6.92 Å². The first-order chi connectivity index (χ1) is 6.90. The molecule has 0 saturated heterocycles. The zero-order chi connectivity index (χ0) is 9.80. The van der Waals surface area contributed by atoms with Gasteiger partial charge < -0.3 is 0 Å². The van der Waals surface area contributed by atoms with Crippen LogP contribution in [-0.2, 0) is 0 Å². The van der Waals surface area contributed by atoms with E-state index in [4.69, 9.17) is 0 Å². The Morgan fingerprint density at radius 2 is 2.29 bits per heavy atom. The highest BCUT2D eigenvalue weighted by atomic mass is 32.1. The highest BCUT2D eigenvalue weighted by Crippen LogP contribution is 2.24. The lowest BCUT2D eigenvalue weighted by molar-refractivity contribution is 1.33. The van der Waals surface area contributed by atoms with Crippen molar-refractivity contribution in [3.05, 3.63) is 46.8 Å². The Labute approximate surface area is 87.8 Å². The minimum absolute atomic E-state index is 1.04. The average molecular weight is 201 g/mol. The monoisotopic (exact) mass is 201 g/mol. The first-order valence-corrected chi connectivity index (χ1v) is 5.41. The Bertz CT molecular complexity index is 429. The van der Waals surface area contributed by atoms with Crippen molar-refractivity contribution in [2.75, 3.05) is 0 Å². The van der Waals surface area contributed by atoms with Crippen LogP contribution < -0.4 is 0 Å². The largest absolute Gasteiger partial charge is 0.256 e. The van der Waals surface area contributed by atoms with Gasteiger partial charge in [0, 0.05) is 22.0 Å². The maximum absolute atomic E-state index is 4.31. The van der Waals surface area contributed by atoms with Crippen LogP contribution in [0.4, 0.5) is 0 Å². The second-order valence-electron chi connectivity index (χ2n) is 2.95. The van der Waals surface area contributed by atoms with Crippen molar-refractivity contribution in [1.82, 2.24) is 4.98 Å². The van der Waals surface area contributed by atoms with Crippen molar-refractivity contribution in [3.63, 3.8) is 0 Å². The molecule has 0 radical (unpaired) electrons. The molecule has 1 nitrogen and oxygen atoms in total.